The van der Waals surface area contributed by atoms with E-state index in [0.29, 0.717) is 6.54 Å². The number of hydrogen-bond acceptors (Lipinski definition) is 2. The van der Waals surface area contributed by atoms with Gasteiger partial charge >= 0.3 is 6.03 Å². The maximum atomic E-state index is 11.2. The van der Waals surface area contributed by atoms with Crippen LogP contribution in [0, 0.1) is 0 Å². The predicted molar refractivity (Wildman–Crippen MR) is 50.4 cm³/mol. The minimum atomic E-state index is -0.491. The summed E-state index contributed by atoms with van der Waals surface area (Å²) in [6, 6.07) is -0.756. The van der Waals surface area contributed by atoms with E-state index < -0.39 is 6.04 Å². The van der Waals surface area contributed by atoms with Crippen LogP contribution in [0.1, 0.15) is 13.8 Å². The lowest BCUT2D eigenvalue weighted by Crippen LogP contribution is -2.47. The molecule has 0 saturated carbocycles. The van der Waals surface area contributed by atoms with E-state index in [0.717, 1.165) is 0 Å². The molecule has 2 N–H and O–H groups in total. The fraction of sp³-hybridized carbons (Fsp3) is 0.750. The van der Waals surface area contributed by atoms with E-state index in [-0.39, 0.29) is 11.9 Å². The second-order valence-electron chi connectivity index (χ2n) is 2.96. The minimum Gasteiger partial charge on any atom is -0.355 e. The van der Waals surface area contributed by atoms with E-state index in [9.17, 15) is 9.59 Å². The van der Waals surface area contributed by atoms with Crippen molar-refractivity contribution in [3.8, 4) is 0 Å². The number of likely N-dealkylation sites (N-methyl/N-ethyl adjacent to an activating group) is 1. The standard InChI is InChI=1S/C8H17N3O2/c1-5-9-7(12)6(2)10-8(13)11(3)4/h6H,5H2,1-4H3,(H,9,12)(H,10,13). The van der Waals surface area contributed by atoms with Crippen LogP contribution in [0.4, 0.5) is 4.79 Å². The number of rotatable bonds is 3. The van der Waals surface area contributed by atoms with Crippen LogP contribution >= 0.6 is 0 Å². The average molecular weight is 187 g/mol. The predicted octanol–water partition coefficient (Wildman–Crippen LogP) is -0.218. The number of nitrogens with one attached hydrogen (secondary N) is 2. The van der Waals surface area contributed by atoms with Crippen molar-refractivity contribution >= 4 is 11.9 Å². The van der Waals surface area contributed by atoms with Gasteiger partial charge in [0.1, 0.15) is 6.04 Å². The first-order chi connectivity index (χ1) is 5.99. The van der Waals surface area contributed by atoms with Crippen molar-refractivity contribution in [2.75, 3.05) is 20.6 Å². The molecular formula is C8H17N3O2. The Morgan fingerprint density at radius 2 is 1.92 bits per heavy atom. The number of carbonyl (C=O) groups excluding carboxylic acids is 2. The fourth-order valence-corrected chi connectivity index (χ4v) is 0.707. The third-order valence-corrected chi connectivity index (χ3v) is 1.49. The smallest absolute Gasteiger partial charge is 0.317 e. The first-order valence-electron chi connectivity index (χ1n) is 4.24. The maximum absolute atomic E-state index is 11.2. The third kappa shape index (κ3) is 4.35. The molecular weight excluding hydrogens is 170 g/mol. The Bertz CT molecular complexity index is 192. The highest BCUT2D eigenvalue weighted by atomic mass is 16.2. The molecule has 5 nitrogen and oxygen atoms in total. The zero-order valence-corrected chi connectivity index (χ0v) is 8.55. The molecule has 13 heavy (non-hydrogen) atoms. The van der Waals surface area contributed by atoms with Crippen molar-refractivity contribution in [1.29, 1.82) is 0 Å². The molecule has 0 fully saturated rings. The molecule has 1 atom stereocenters. The molecule has 5 heteroatoms. The zero-order chi connectivity index (χ0) is 10.4. The van der Waals surface area contributed by atoms with Gasteiger partial charge < -0.3 is 15.5 Å². The van der Waals surface area contributed by atoms with Crippen molar-refractivity contribution < 1.29 is 9.59 Å². The molecule has 0 aromatic carbocycles. The highest BCUT2D eigenvalue weighted by molar-refractivity contribution is 5.86. The van der Waals surface area contributed by atoms with Crippen molar-refractivity contribution in [1.82, 2.24) is 15.5 Å². The Labute approximate surface area is 78.5 Å². The molecule has 0 aliphatic heterocycles. The largest absolute Gasteiger partial charge is 0.355 e. The Morgan fingerprint density at radius 3 is 2.31 bits per heavy atom. The lowest BCUT2D eigenvalue weighted by atomic mass is 10.3. The number of nitrogens with zero attached hydrogens (tertiary/aromatic N) is 1. The van der Waals surface area contributed by atoms with Gasteiger partial charge in [0.25, 0.3) is 0 Å². The van der Waals surface area contributed by atoms with Crippen molar-refractivity contribution in [3.63, 3.8) is 0 Å². The molecule has 0 saturated heterocycles. The van der Waals surface area contributed by atoms with Gasteiger partial charge in [-0.25, -0.2) is 4.79 Å². The lowest BCUT2D eigenvalue weighted by molar-refractivity contribution is -0.122. The molecule has 0 aliphatic rings. The second kappa shape index (κ2) is 5.40. The minimum absolute atomic E-state index is 0.169. The Hall–Kier alpha value is -1.26. The summed E-state index contributed by atoms with van der Waals surface area (Å²) in [5.41, 5.74) is 0. The van der Waals surface area contributed by atoms with Crippen molar-refractivity contribution in [3.05, 3.63) is 0 Å². The van der Waals surface area contributed by atoms with E-state index in [4.69, 9.17) is 0 Å². The zero-order valence-electron chi connectivity index (χ0n) is 8.55. The number of amides is 3. The summed E-state index contributed by atoms with van der Waals surface area (Å²) in [5.74, 6) is -0.169. The van der Waals surface area contributed by atoms with Crippen LogP contribution in [0.25, 0.3) is 0 Å². The molecule has 0 heterocycles. The first-order valence-corrected chi connectivity index (χ1v) is 4.24. The molecule has 0 spiro atoms. The molecule has 3 amide bonds. The summed E-state index contributed by atoms with van der Waals surface area (Å²) < 4.78 is 0. The monoisotopic (exact) mass is 187 g/mol. The van der Waals surface area contributed by atoms with E-state index in [2.05, 4.69) is 10.6 Å². The highest BCUT2D eigenvalue weighted by Gasteiger charge is 2.14. The molecule has 1 unspecified atom stereocenters. The summed E-state index contributed by atoms with van der Waals surface area (Å²) in [6.07, 6.45) is 0. The molecule has 0 bridgehead atoms. The topological polar surface area (TPSA) is 61.4 Å². The molecule has 0 aromatic heterocycles. The van der Waals surface area contributed by atoms with E-state index >= 15 is 0 Å². The Balaban J connectivity index is 3.92. The van der Waals surface area contributed by atoms with Gasteiger partial charge in [0.15, 0.2) is 0 Å². The number of carbonyl (C=O) groups is 2. The van der Waals surface area contributed by atoms with Gasteiger partial charge in [-0.15, -0.1) is 0 Å². The van der Waals surface area contributed by atoms with Gasteiger partial charge in [-0.1, -0.05) is 0 Å². The van der Waals surface area contributed by atoms with Crippen LogP contribution in [0.5, 0.6) is 0 Å². The van der Waals surface area contributed by atoms with Gasteiger partial charge in [0.2, 0.25) is 5.91 Å². The van der Waals surface area contributed by atoms with Gasteiger partial charge in [-0.2, -0.15) is 0 Å². The van der Waals surface area contributed by atoms with Gasteiger partial charge in [-0.05, 0) is 13.8 Å². The normalized spacial score (nSPS) is 11.7. The van der Waals surface area contributed by atoms with E-state index in [1.165, 1.54) is 4.90 Å². The Morgan fingerprint density at radius 1 is 1.38 bits per heavy atom. The van der Waals surface area contributed by atoms with Crippen LogP contribution in [0.15, 0.2) is 0 Å². The SMILES string of the molecule is CCNC(=O)C(C)NC(=O)N(C)C. The van der Waals surface area contributed by atoms with Crippen LogP contribution in [-0.2, 0) is 4.79 Å². The summed E-state index contributed by atoms with van der Waals surface area (Å²) in [7, 11) is 3.25. The van der Waals surface area contributed by atoms with Crippen molar-refractivity contribution in [2.45, 2.75) is 19.9 Å². The summed E-state index contributed by atoms with van der Waals surface area (Å²) in [4.78, 5) is 23.6. The maximum Gasteiger partial charge on any atom is 0.317 e. The third-order valence-electron chi connectivity index (χ3n) is 1.49. The summed E-state index contributed by atoms with van der Waals surface area (Å²) in [6.45, 7) is 4.05. The van der Waals surface area contributed by atoms with Gasteiger partial charge in [0, 0.05) is 20.6 Å². The number of urea groups is 1. The van der Waals surface area contributed by atoms with Gasteiger partial charge in [-0.3, -0.25) is 4.79 Å². The van der Waals surface area contributed by atoms with Crippen LogP contribution in [-0.4, -0.2) is 43.5 Å². The Kier molecular flexibility index (Phi) is 4.87. The second-order valence-corrected chi connectivity index (χ2v) is 2.96. The molecule has 0 aliphatic carbocycles. The average Bonchev–Trinajstić information content (AvgIpc) is 2.04. The molecule has 0 radical (unpaired) electrons. The van der Waals surface area contributed by atoms with E-state index in [1.807, 2.05) is 6.92 Å². The molecule has 0 aromatic rings. The molecule has 76 valence electrons. The summed E-state index contributed by atoms with van der Waals surface area (Å²) in [5, 5.41) is 5.16. The van der Waals surface area contributed by atoms with Crippen LogP contribution in [0.3, 0.4) is 0 Å². The number of hydrogen-bond donors (Lipinski definition) is 2. The lowest BCUT2D eigenvalue weighted by Gasteiger charge is -2.16. The first kappa shape index (κ1) is 11.7. The quantitative estimate of drug-likeness (QED) is 0.641. The fourth-order valence-electron chi connectivity index (χ4n) is 0.707. The van der Waals surface area contributed by atoms with E-state index in [1.54, 1.807) is 21.0 Å². The van der Waals surface area contributed by atoms with Gasteiger partial charge in [0.05, 0.1) is 0 Å². The van der Waals surface area contributed by atoms with Crippen molar-refractivity contribution in [2.24, 2.45) is 0 Å². The highest BCUT2D eigenvalue weighted by Crippen LogP contribution is 1.85. The van der Waals surface area contributed by atoms with Crippen LogP contribution < -0.4 is 10.6 Å². The van der Waals surface area contributed by atoms with Crippen LogP contribution in [0.2, 0.25) is 0 Å². The molecule has 0 rings (SSSR count). The summed E-state index contributed by atoms with van der Waals surface area (Å²) >= 11 is 0.